The monoisotopic (exact) mass is 501 g/mol. The van der Waals surface area contributed by atoms with E-state index < -0.39 is 11.7 Å². The Kier molecular flexibility index (Phi) is 6.16. The van der Waals surface area contributed by atoms with Crippen LogP contribution < -0.4 is 5.32 Å². The van der Waals surface area contributed by atoms with Crippen LogP contribution in [0.4, 0.5) is 0 Å². The number of Topliss-reactive ketones (excluding diaryl/α,β-unsaturated/α-hetero) is 1. The highest BCUT2D eigenvalue weighted by molar-refractivity contribution is 9.10. The molecule has 2 N–H and O–H groups in total. The van der Waals surface area contributed by atoms with E-state index >= 15 is 0 Å². The van der Waals surface area contributed by atoms with Gasteiger partial charge in [-0.3, -0.25) is 14.4 Å². The molecule has 6 nitrogen and oxygen atoms in total. The molecule has 1 saturated heterocycles. The van der Waals surface area contributed by atoms with Gasteiger partial charge >= 0.3 is 0 Å². The van der Waals surface area contributed by atoms with Crippen LogP contribution in [0, 0.1) is 6.92 Å². The number of carbonyl (C=O) groups excluding carboxylic acids is 3. The fourth-order valence-electron chi connectivity index (χ4n) is 3.83. The number of nitrogens with one attached hydrogen (secondary N) is 2. The van der Waals surface area contributed by atoms with Crippen LogP contribution in [0.5, 0.6) is 0 Å². The zero-order valence-corrected chi connectivity index (χ0v) is 19.2. The molecule has 4 rings (SSSR count). The Bertz CT molecular complexity index is 1180. The van der Waals surface area contributed by atoms with Gasteiger partial charge in [-0.15, -0.1) is 0 Å². The standard InChI is InChI=1S/C23H21BrClN3O3/c1-13-2-4-16(19(25)10-13)22(30)27-15-6-8-28(9-7-15)23(31)21(29)18-12-26-20-5-3-14(24)11-17(18)20/h2-5,10-12,15,26H,6-9H2,1H3,(H,27,30). The van der Waals surface area contributed by atoms with Crippen molar-refractivity contribution in [2.45, 2.75) is 25.8 Å². The minimum atomic E-state index is -0.529. The molecule has 3 aromatic rings. The number of aromatic amines is 1. The Balaban J connectivity index is 1.38. The summed E-state index contributed by atoms with van der Waals surface area (Å²) in [6, 6.07) is 10.8. The number of hydrogen-bond donors (Lipinski definition) is 2. The van der Waals surface area contributed by atoms with Gasteiger partial charge in [0.1, 0.15) is 0 Å². The third-order valence-electron chi connectivity index (χ3n) is 5.57. The molecule has 1 fully saturated rings. The smallest absolute Gasteiger partial charge is 0.295 e. The molecule has 2 heterocycles. The molecule has 2 aromatic carbocycles. The molecule has 1 aromatic heterocycles. The Morgan fingerprint density at radius 1 is 1.10 bits per heavy atom. The summed E-state index contributed by atoms with van der Waals surface area (Å²) in [7, 11) is 0. The third-order valence-corrected chi connectivity index (χ3v) is 6.38. The Morgan fingerprint density at radius 3 is 2.55 bits per heavy atom. The van der Waals surface area contributed by atoms with Crippen LogP contribution in [0.3, 0.4) is 0 Å². The molecule has 2 amide bonds. The lowest BCUT2D eigenvalue weighted by molar-refractivity contribution is -0.127. The van der Waals surface area contributed by atoms with Crippen molar-refractivity contribution in [1.29, 1.82) is 0 Å². The molecule has 0 unspecified atom stereocenters. The normalized spacial score (nSPS) is 14.6. The number of piperidine rings is 1. The molecule has 1 aliphatic heterocycles. The van der Waals surface area contributed by atoms with Crippen LogP contribution in [0.15, 0.2) is 47.1 Å². The van der Waals surface area contributed by atoms with Gasteiger partial charge in [0, 0.05) is 40.7 Å². The maximum absolute atomic E-state index is 12.8. The third kappa shape index (κ3) is 4.52. The predicted octanol–water partition coefficient (Wildman–Crippen LogP) is 4.50. The molecular formula is C23H21BrClN3O3. The highest BCUT2D eigenvalue weighted by Gasteiger charge is 2.30. The van der Waals surface area contributed by atoms with E-state index in [0.29, 0.717) is 47.5 Å². The van der Waals surface area contributed by atoms with Gasteiger partial charge in [0.25, 0.3) is 17.6 Å². The molecule has 0 aliphatic carbocycles. The summed E-state index contributed by atoms with van der Waals surface area (Å²) in [5.41, 5.74) is 2.59. The number of likely N-dealkylation sites (tertiary alicyclic amines) is 1. The van der Waals surface area contributed by atoms with Crippen molar-refractivity contribution in [3.05, 3.63) is 68.8 Å². The first-order valence-electron chi connectivity index (χ1n) is 10.0. The highest BCUT2D eigenvalue weighted by Crippen LogP contribution is 2.24. The van der Waals surface area contributed by atoms with Crippen LogP contribution >= 0.6 is 27.5 Å². The quantitative estimate of drug-likeness (QED) is 0.407. The number of carbonyl (C=O) groups is 3. The number of nitrogens with zero attached hydrogens (tertiary/aromatic N) is 1. The van der Waals surface area contributed by atoms with E-state index in [1.165, 1.54) is 0 Å². The van der Waals surface area contributed by atoms with Crippen molar-refractivity contribution >= 4 is 56.0 Å². The van der Waals surface area contributed by atoms with Crippen molar-refractivity contribution in [1.82, 2.24) is 15.2 Å². The zero-order chi connectivity index (χ0) is 22.1. The average Bonchev–Trinajstić information content (AvgIpc) is 3.16. The summed E-state index contributed by atoms with van der Waals surface area (Å²) >= 11 is 9.59. The molecule has 31 heavy (non-hydrogen) atoms. The first-order valence-corrected chi connectivity index (χ1v) is 11.2. The minimum Gasteiger partial charge on any atom is -0.360 e. The van der Waals surface area contributed by atoms with E-state index in [-0.39, 0.29) is 11.9 Å². The molecule has 0 saturated carbocycles. The van der Waals surface area contributed by atoms with E-state index in [2.05, 4.69) is 26.2 Å². The number of fused-ring (bicyclic) bond motifs is 1. The number of ketones is 1. The molecule has 1 aliphatic rings. The topological polar surface area (TPSA) is 82.3 Å². The zero-order valence-electron chi connectivity index (χ0n) is 16.9. The van der Waals surface area contributed by atoms with Crippen molar-refractivity contribution in [3.8, 4) is 0 Å². The summed E-state index contributed by atoms with van der Waals surface area (Å²) < 4.78 is 0.839. The van der Waals surface area contributed by atoms with Crippen LogP contribution in [0.25, 0.3) is 10.9 Å². The molecular weight excluding hydrogens is 482 g/mol. The number of hydrogen-bond acceptors (Lipinski definition) is 3. The highest BCUT2D eigenvalue weighted by atomic mass is 79.9. The van der Waals surface area contributed by atoms with Gasteiger partial charge in [-0.1, -0.05) is 33.6 Å². The van der Waals surface area contributed by atoms with Gasteiger partial charge in [-0.05, 0) is 55.7 Å². The molecule has 0 radical (unpaired) electrons. The maximum atomic E-state index is 12.8. The van der Waals surface area contributed by atoms with E-state index in [9.17, 15) is 14.4 Å². The number of halogens is 2. The Morgan fingerprint density at radius 2 is 1.84 bits per heavy atom. The first kappa shape index (κ1) is 21.6. The molecule has 0 atom stereocenters. The van der Waals surface area contributed by atoms with Gasteiger partial charge in [-0.2, -0.15) is 0 Å². The first-order chi connectivity index (χ1) is 14.8. The lowest BCUT2D eigenvalue weighted by Gasteiger charge is -2.32. The predicted molar refractivity (Wildman–Crippen MR) is 124 cm³/mol. The molecule has 160 valence electrons. The Hall–Kier alpha value is -2.64. The van der Waals surface area contributed by atoms with E-state index in [0.717, 1.165) is 15.6 Å². The minimum absolute atomic E-state index is 0.0759. The van der Waals surface area contributed by atoms with E-state index in [4.69, 9.17) is 11.6 Å². The largest absolute Gasteiger partial charge is 0.360 e. The van der Waals surface area contributed by atoms with Crippen molar-refractivity contribution in [2.75, 3.05) is 13.1 Å². The van der Waals surface area contributed by atoms with Crippen molar-refractivity contribution < 1.29 is 14.4 Å². The van der Waals surface area contributed by atoms with E-state index in [1.807, 2.05) is 31.2 Å². The van der Waals surface area contributed by atoms with Gasteiger partial charge in [0.05, 0.1) is 16.1 Å². The van der Waals surface area contributed by atoms with Crippen molar-refractivity contribution in [3.63, 3.8) is 0 Å². The van der Waals surface area contributed by atoms with Gasteiger partial charge < -0.3 is 15.2 Å². The van der Waals surface area contributed by atoms with Crippen molar-refractivity contribution in [2.24, 2.45) is 0 Å². The fourth-order valence-corrected chi connectivity index (χ4v) is 4.52. The lowest BCUT2D eigenvalue weighted by atomic mass is 10.0. The summed E-state index contributed by atoms with van der Waals surface area (Å²) in [5.74, 6) is -1.28. The van der Waals surface area contributed by atoms with Gasteiger partial charge in [0.15, 0.2) is 0 Å². The fraction of sp³-hybridized carbons (Fsp3) is 0.261. The number of H-pyrrole nitrogens is 1. The number of amides is 2. The number of benzene rings is 2. The average molecular weight is 503 g/mol. The lowest BCUT2D eigenvalue weighted by Crippen LogP contribution is -2.48. The SMILES string of the molecule is Cc1ccc(C(=O)NC2CCN(C(=O)C(=O)c3c[nH]c4ccc(Br)cc34)CC2)c(Cl)c1. The Labute approximate surface area is 193 Å². The van der Waals surface area contributed by atoms with Gasteiger partial charge in [-0.25, -0.2) is 0 Å². The van der Waals surface area contributed by atoms with Crippen LogP contribution in [0.1, 0.15) is 39.1 Å². The second kappa shape index (κ2) is 8.85. The maximum Gasteiger partial charge on any atom is 0.295 e. The number of rotatable bonds is 4. The summed E-state index contributed by atoms with van der Waals surface area (Å²) in [4.78, 5) is 42.8. The number of aromatic nitrogens is 1. The molecule has 0 bridgehead atoms. The summed E-state index contributed by atoms with van der Waals surface area (Å²) in [5, 5.41) is 4.12. The van der Waals surface area contributed by atoms with Crippen LogP contribution in [-0.2, 0) is 4.79 Å². The summed E-state index contributed by atoms with van der Waals surface area (Å²) in [6.07, 6.45) is 2.73. The molecule has 0 spiro atoms. The second-order valence-corrected chi connectivity index (χ2v) is 9.07. The van der Waals surface area contributed by atoms with Crippen LogP contribution in [-0.4, -0.2) is 46.6 Å². The number of aryl methyl sites for hydroxylation is 1. The second-order valence-electron chi connectivity index (χ2n) is 7.74. The van der Waals surface area contributed by atoms with Crippen LogP contribution in [0.2, 0.25) is 5.02 Å². The summed E-state index contributed by atoms with van der Waals surface area (Å²) in [6.45, 7) is 2.73. The van der Waals surface area contributed by atoms with E-state index in [1.54, 1.807) is 23.2 Å². The molecule has 8 heteroatoms. The van der Waals surface area contributed by atoms with Gasteiger partial charge in [0.2, 0.25) is 0 Å².